The van der Waals surface area contributed by atoms with E-state index in [2.05, 4.69) is 25.2 Å². The van der Waals surface area contributed by atoms with Crippen molar-refractivity contribution in [1.29, 1.82) is 0 Å². The molecule has 0 saturated heterocycles. The van der Waals surface area contributed by atoms with Gasteiger partial charge < -0.3 is 4.90 Å². The van der Waals surface area contributed by atoms with Crippen LogP contribution in [0.2, 0.25) is 0 Å². The highest BCUT2D eigenvalue weighted by molar-refractivity contribution is 7.88. The Morgan fingerprint density at radius 1 is 1.24 bits per heavy atom. The maximum absolute atomic E-state index is 10.9. The third-order valence-electron chi connectivity index (χ3n) is 2.33. The van der Waals surface area contributed by atoms with Crippen molar-refractivity contribution in [3.05, 3.63) is 0 Å². The van der Waals surface area contributed by atoms with Crippen LogP contribution in [-0.2, 0) is 10.2 Å². The fourth-order valence-corrected chi connectivity index (χ4v) is 1.98. The van der Waals surface area contributed by atoms with E-state index in [1.807, 2.05) is 0 Å². The van der Waals surface area contributed by atoms with E-state index < -0.39 is 10.2 Å². The molecule has 0 saturated carbocycles. The van der Waals surface area contributed by atoms with Gasteiger partial charge in [0.1, 0.15) is 5.84 Å². The highest BCUT2D eigenvalue weighted by atomic mass is 32.2. The molecule has 17 heavy (non-hydrogen) atoms. The topological polar surface area (TPSA) is 75.8 Å². The van der Waals surface area contributed by atoms with Gasteiger partial charge in [0, 0.05) is 20.5 Å². The molecule has 0 aromatic carbocycles. The lowest BCUT2D eigenvalue weighted by atomic mass is 9.89. The van der Waals surface area contributed by atoms with Crippen molar-refractivity contribution >= 4 is 16.0 Å². The smallest absolute Gasteiger partial charge is 0.318 e. The van der Waals surface area contributed by atoms with Crippen LogP contribution in [-0.4, -0.2) is 33.2 Å². The standard InChI is InChI=1S/C11H25N3O2S/c1-11(2,3)9-7-6-8-10(14(4)5)13-17(12,15)16/h6-9H2,1-5H3,(H2,12,15,16)/b13-10-. The molecular weight excluding hydrogens is 238 g/mol. The van der Waals surface area contributed by atoms with Gasteiger partial charge in [0.25, 0.3) is 0 Å². The SMILES string of the molecule is CN(C)/C(CCCCC(C)(C)C)=N\S(N)(=O)=O. The van der Waals surface area contributed by atoms with Gasteiger partial charge in [-0.3, -0.25) is 0 Å². The number of hydrogen-bond donors (Lipinski definition) is 1. The van der Waals surface area contributed by atoms with E-state index in [0.717, 1.165) is 19.3 Å². The second-order valence-corrected chi connectivity index (χ2v) is 6.90. The molecule has 0 bridgehead atoms. The average Bonchev–Trinajstić information content (AvgIpc) is 2.06. The number of rotatable bonds is 5. The monoisotopic (exact) mass is 263 g/mol. The van der Waals surface area contributed by atoms with E-state index in [9.17, 15) is 8.42 Å². The van der Waals surface area contributed by atoms with Crippen LogP contribution in [0.15, 0.2) is 4.40 Å². The Morgan fingerprint density at radius 2 is 1.76 bits per heavy atom. The van der Waals surface area contributed by atoms with Gasteiger partial charge >= 0.3 is 10.2 Å². The molecule has 0 aliphatic heterocycles. The average molecular weight is 263 g/mol. The van der Waals surface area contributed by atoms with Crippen molar-refractivity contribution in [3.63, 3.8) is 0 Å². The first-order chi connectivity index (χ1) is 7.51. The van der Waals surface area contributed by atoms with Gasteiger partial charge in [-0.2, -0.15) is 8.42 Å². The zero-order valence-corrected chi connectivity index (χ0v) is 12.3. The van der Waals surface area contributed by atoms with Crippen LogP contribution in [0.1, 0.15) is 46.5 Å². The van der Waals surface area contributed by atoms with Gasteiger partial charge in [0.2, 0.25) is 0 Å². The van der Waals surface area contributed by atoms with Gasteiger partial charge in [-0.1, -0.05) is 27.2 Å². The summed E-state index contributed by atoms with van der Waals surface area (Å²) in [5.41, 5.74) is 0.315. The highest BCUT2D eigenvalue weighted by Crippen LogP contribution is 2.22. The maximum atomic E-state index is 10.9. The summed E-state index contributed by atoms with van der Waals surface area (Å²) in [5, 5.41) is 4.91. The Hall–Kier alpha value is -0.620. The van der Waals surface area contributed by atoms with Gasteiger partial charge in [0.15, 0.2) is 0 Å². The Bertz CT molecular complexity index is 353. The second-order valence-electron chi connectivity index (χ2n) is 5.68. The van der Waals surface area contributed by atoms with Crippen LogP contribution in [0, 0.1) is 5.41 Å². The van der Waals surface area contributed by atoms with E-state index in [-0.39, 0.29) is 0 Å². The third kappa shape index (κ3) is 10.3. The summed E-state index contributed by atoms with van der Waals surface area (Å²) in [5.74, 6) is 0.515. The first kappa shape index (κ1) is 16.4. The number of unbranched alkanes of at least 4 members (excludes halogenated alkanes) is 1. The maximum Gasteiger partial charge on any atom is 0.318 e. The predicted octanol–water partition coefficient (Wildman–Crippen LogP) is 1.76. The summed E-state index contributed by atoms with van der Waals surface area (Å²) in [6.45, 7) is 6.58. The Kier molecular flexibility index (Phi) is 6.12. The molecule has 0 amide bonds. The third-order valence-corrected chi connectivity index (χ3v) is 2.79. The lowest BCUT2D eigenvalue weighted by molar-refractivity contribution is 0.361. The molecule has 2 N–H and O–H groups in total. The van der Waals surface area contributed by atoms with Gasteiger partial charge in [-0.05, 0) is 18.3 Å². The molecule has 102 valence electrons. The van der Waals surface area contributed by atoms with Crippen molar-refractivity contribution in [2.75, 3.05) is 14.1 Å². The Labute approximate surface area is 105 Å². The largest absolute Gasteiger partial charge is 0.365 e. The summed E-state index contributed by atoms with van der Waals surface area (Å²) in [6.07, 6.45) is 3.73. The minimum atomic E-state index is -3.79. The fraction of sp³-hybridized carbons (Fsp3) is 0.909. The molecule has 0 aliphatic carbocycles. The molecule has 6 heteroatoms. The van der Waals surface area contributed by atoms with Crippen molar-refractivity contribution in [3.8, 4) is 0 Å². The molecule has 0 aromatic rings. The molecule has 5 nitrogen and oxygen atoms in total. The minimum absolute atomic E-state index is 0.315. The van der Waals surface area contributed by atoms with E-state index in [1.54, 1.807) is 19.0 Å². The van der Waals surface area contributed by atoms with Gasteiger partial charge in [-0.15, -0.1) is 4.40 Å². The molecule has 0 spiro atoms. The number of hydrogen-bond acceptors (Lipinski definition) is 2. The van der Waals surface area contributed by atoms with Gasteiger partial charge in [0.05, 0.1) is 0 Å². The first-order valence-corrected chi connectivity index (χ1v) is 7.30. The summed E-state index contributed by atoms with van der Waals surface area (Å²) in [4.78, 5) is 1.70. The van der Waals surface area contributed by atoms with E-state index >= 15 is 0 Å². The summed E-state index contributed by atoms with van der Waals surface area (Å²) >= 11 is 0. The van der Waals surface area contributed by atoms with E-state index in [0.29, 0.717) is 17.7 Å². The highest BCUT2D eigenvalue weighted by Gasteiger charge is 2.11. The Balaban J connectivity index is 4.28. The van der Waals surface area contributed by atoms with E-state index in [4.69, 9.17) is 5.14 Å². The van der Waals surface area contributed by atoms with Crippen LogP contribution in [0.3, 0.4) is 0 Å². The molecule has 0 unspecified atom stereocenters. The van der Waals surface area contributed by atoms with Crippen molar-refractivity contribution in [2.45, 2.75) is 46.5 Å². The summed E-state index contributed by atoms with van der Waals surface area (Å²) < 4.78 is 25.3. The number of nitrogens with zero attached hydrogens (tertiary/aromatic N) is 2. The zero-order valence-electron chi connectivity index (χ0n) is 11.5. The lowest BCUT2D eigenvalue weighted by Gasteiger charge is -2.19. The summed E-state index contributed by atoms with van der Waals surface area (Å²) in [6, 6.07) is 0. The van der Waals surface area contributed by atoms with Crippen LogP contribution in [0.25, 0.3) is 0 Å². The van der Waals surface area contributed by atoms with Crippen molar-refractivity contribution < 1.29 is 8.42 Å². The first-order valence-electron chi connectivity index (χ1n) is 5.80. The molecule has 0 aliphatic rings. The normalized spacial score (nSPS) is 13.9. The van der Waals surface area contributed by atoms with Crippen LogP contribution in [0.4, 0.5) is 0 Å². The zero-order chi connectivity index (χ0) is 13.7. The molecule has 0 atom stereocenters. The second kappa shape index (κ2) is 6.35. The summed E-state index contributed by atoms with van der Waals surface area (Å²) in [7, 11) is -0.244. The quantitative estimate of drug-likeness (QED) is 0.466. The lowest BCUT2D eigenvalue weighted by Crippen LogP contribution is -2.25. The molecule has 0 rings (SSSR count). The molecule has 0 fully saturated rings. The van der Waals surface area contributed by atoms with Gasteiger partial charge in [-0.25, -0.2) is 5.14 Å². The Morgan fingerprint density at radius 3 is 2.12 bits per heavy atom. The van der Waals surface area contributed by atoms with Crippen molar-refractivity contribution in [1.82, 2.24) is 4.90 Å². The minimum Gasteiger partial charge on any atom is -0.365 e. The molecule has 0 aromatic heterocycles. The van der Waals surface area contributed by atoms with Crippen molar-refractivity contribution in [2.24, 2.45) is 15.0 Å². The number of nitrogens with two attached hydrogens (primary N) is 1. The van der Waals surface area contributed by atoms with E-state index in [1.165, 1.54) is 0 Å². The molecule has 0 radical (unpaired) electrons. The number of amidine groups is 1. The van der Waals surface area contributed by atoms with Crippen LogP contribution < -0.4 is 5.14 Å². The van der Waals surface area contributed by atoms with Crippen LogP contribution >= 0.6 is 0 Å². The fourth-order valence-electron chi connectivity index (χ4n) is 1.44. The molecule has 0 heterocycles. The molecular formula is C11H25N3O2S. The predicted molar refractivity (Wildman–Crippen MR) is 72.2 cm³/mol. The van der Waals surface area contributed by atoms with Crippen LogP contribution in [0.5, 0.6) is 0 Å².